The number of rotatable bonds is 51. The predicted molar refractivity (Wildman–Crippen MR) is 258 cm³/mol. The van der Waals surface area contributed by atoms with E-state index in [0.29, 0.717) is 12.8 Å². The Labute approximate surface area is 365 Å². The lowest BCUT2D eigenvalue weighted by Gasteiger charge is -2.22. The topological polar surface area (TPSA) is 69.6 Å². The number of nitrogens with one attached hydrogen (secondary N) is 1. The van der Waals surface area contributed by atoms with Crippen LogP contribution in [-0.4, -0.2) is 34.9 Å². The second-order valence-electron chi connectivity index (χ2n) is 19.0. The van der Waals surface area contributed by atoms with E-state index in [0.717, 1.165) is 25.7 Å². The summed E-state index contributed by atoms with van der Waals surface area (Å²) in [6.45, 7) is 4.40. The van der Waals surface area contributed by atoms with Crippen LogP contribution in [0.25, 0.3) is 0 Å². The Kier molecular flexibility index (Phi) is 50.2. The summed E-state index contributed by atoms with van der Waals surface area (Å²) in [4.78, 5) is 12.5. The fourth-order valence-electron chi connectivity index (χ4n) is 8.95. The monoisotopic (exact) mass is 820 g/mol. The van der Waals surface area contributed by atoms with E-state index in [4.69, 9.17) is 0 Å². The van der Waals surface area contributed by atoms with E-state index < -0.39 is 12.1 Å². The highest BCUT2D eigenvalue weighted by Gasteiger charge is 2.20. The van der Waals surface area contributed by atoms with Gasteiger partial charge in [0.15, 0.2) is 0 Å². The molecule has 4 nitrogen and oxygen atoms in total. The summed E-state index contributed by atoms with van der Waals surface area (Å²) in [5.41, 5.74) is 0. The predicted octanol–water partition coefficient (Wildman–Crippen LogP) is 17.6. The molecule has 58 heavy (non-hydrogen) atoms. The lowest BCUT2D eigenvalue weighted by molar-refractivity contribution is -0.123. The number of aliphatic hydroxyl groups is 2. The van der Waals surface area contributed by atoms with E-state index >= 15 is 0 Å². The maximum Gasteiger partial charge on any atom is 0.220 e. The van der Waals surface area contributed by atoms with Crippen molar-refractivity contribution >= 4 is 5.91 Å². The van der Waals surface area contributed by atoms with Crippen molar-refractivity contribution < 1.29 is 15.0 Å². The molecular weight excluding hydrogens is 711 g/mol. The molecule has 0 aliphatic carbocycles. The van der Waals surface area contributed by atoms with E-state index in [1.165, 1.54) is 270 Å². The van der Waals surface area contributed by atoms with Gasteiger partial charge in [0.05, 0.1) is 18.8 Å². The van der Waals surface area contributed by atoms with Gasteiger partial charge in [-0.1, -0.05) is 303 Å². The first-order chi connectivity index (χ1) is 28.7. The minimum Gasteiger partial charge on any atom is -0.394 e. The summed E-state index contributed by atoms with van der Waals surface area (Å²) in [7, 11) is 0. The molecule has 0 saturated heterocycles. The molecule has 0 aliphatic heterocycles. The fraction of sp³-hybridized carbons (Fsp3) is 0.981. The highest BCUT2D eigenvalue weighted by atomic mass is 16.3. The lowest BCUT2D eigenvalue weighted by atomic mass is 10.0. The largest absolute Gasteiger partial charge is 0.394 e. The normalized spacial score (nSPS) is 12.7. The molecule has 1 amide bonds. The summed E-state index contributed by atoms with van der Waals surface area (Å²) >= 11 is 0. The molecule has 0 heterocycles. The molecule has 4 heteroatoms. The smallest absolute Gasteiger partial charge is 0.220 e. The SMILES string of the molecule is CCCCCCCCCCCCCCCCCCCCCCCCCCCCCCCC(O)C(CO)NC(=O)CCCCCCCCCCCCCCCCCCC. The third-order valence-corrected chi connectivity index (χ3v) is 13.1. The summed E-state index contributed by atoms with van der Waals surface area (Å²) in [5, 5.41) is 23.3. The number of unbranched alkanes of at least 4 members (excludes halogenated alkanes) is 44. The molecule has 2 atom stereocenters. The van der Waals surface area contributed by atoms with Gasteiger partial charge >= 0.3 is 0 Å². The number of amides is 1. The van der Waals surface area contributed by atoms with Crippen molar-refractivity contribution in [3.63, 3.8) is 0 Å². The second-order valence-corrected chi connectivity index (χ2v) is 19.0. The number of carbonyl (C=O) groups excluding carboxylic acids is 1. The van der Waals surface area contributed by atoms with Crippen LogP contribution in [0, 0.1) is 0 Å². The highest BCUT2D eigenvalue weighted by molar-refractivity contribution is 5.76. The molecule has 348 valence electrons. The number of carbonyl (C=O) groups is 1. The first kappa shape index (κ1) is 57.4. The molecular formula is C54H109NO3. The molecule has 3 N–H and O–H groups in total. The summed E-state index contributed by atoms with van der Waals surface area (Å²) in [5.74, 6) is -0.0235. The van der Waals surface area contributed by atoms with Gasteiger partial charge in [-0.3, -0.25) is 4.79 Å². The van der Waals surface area contributed by atoms with Crippen molar-refractivity contribution in [2.75, 3.05) is 6.61 Å². The zero-order valence-electron chi connectivity index (χ0n) is 40.1. The van der Waals surface area contributed by atoms with Gasteiger partial charge < -0.3 is 15.5 Å². The van der Waals surface area contributed by atoms with Crippen LogP contribution in [0.4, 0.5) is 0 Å². The van der Waals surface area contributed by atoms with Gasteiger partial charge in [-0.15, -0.1) is 0 Å². The zero-order valence-corrected chi connectivity index (χ0v) is 40.1. The quantitative estimate of drug-likeness (QED) is 0.0536. The van der Waals surface area contributed by atoms with Crippen LogP contribution in [0.3, 0.4) is 0 Å². The Bertz CT molecular complexity index is 759. The first-order valence-electron chi connectivity index (χ1n) is 27.2. The van der Waals surface area contributed by atoms with Crippen LogP contribution in [0.2, 0.25) is 0 Å². The van der Waals surface area contributed by atoms with Crippen molar-refractivity contribution in [1.82, 2.24) is 5.32 Å². The van der Waals surface area contributed by atoms with Gasteiger partial charge in [0.1, 0.15) is 0 Å². The zero-order chi connectivity index (χ0) is 42.1. The fourth-order valence-corrected chi connectivity index (χ4v) is 8.95. The van der Waals surface area contributed by atoms with Crippen LogP contribution in [0.1, 0.15) is 322 Å². The minimum absolute atomic E-state index is 0.0235. The summed E-state index contributed by atoms with van der Waals surface area (Å²) < 4.78 is 0. The molecule has 0 aromatic heterocycles. The van der Waals surface area contributed by atoms with Gasteiger partial charge in [-0.2, -0.15) is 0 Å². The van der Waals surface area contributed by atoms with Crippen molar-refractivity contribution in [2.24, 2.45) is 0 Å². The molecule has 0 bridgehead atoms. The molecule has 0 aromatic carbocycles. The van der Waals surface area contributed by atoms with E-state index in [2.05, 4.69) is 19.2 Å². The van der Waals surface area contributed by atoms with Crippen LogP contribution in [0.15, 0.2) is 0 Å². The van der Waals surface area contributed by atoms with Gasteiger partial charge in [0.2, 0.25) is 5.91 Å². The summed E-state index contributed by atoms with van der Waals surface area (Å²) in [6, 6.07) is -0.530. The molecule has 2 unspecified atom stereocenters. The van der Waals surface area contributed by atoms with Crippen molar-refractivity contribution in [1.29, 1.82) is 0 Å². The molecule has 0 fully saturated rings. The molecule has 0 spiro atoms. The third kappa shape index (κ3) is 46.5. The molecule has 0 rings (SSSR count). The van der Waals surface area contributed by atoms with E-state index in [9.17, 15) is 15.0 Å². The Morgan fingerprint density at radius 2 is 0.552 bits per heavy atom. The Balaban J connectivity index is 3.39. The number of aliphatic hydroxyl groups excluding tert-OH is 2. The lowest BCUT2D eigenvalue weighted by Crippen LogP contribution is -2.45. The van der Waals surface area contributed by atoms with Crippen molar-refractivity contribution in [3.05, 3.63) is 0 Å². The minimum atomic E-state index is -0.654. The second kappa shape index (κ2) is 50.7. The van der Waals surface area contributed by atoms with Crippen LogP contribution >= 0.6 is 0 Å². The van der Waals surface area contributed by atoms with E-state index in [1.807, 2.05) is 0 Å². The number of hydrogen-bond acceptors (Lipinski definition) is 3. The van der Waals surface area contributed by atoms with Gasteiger partial charge in [-0.25, -0.2) is 0 Å². The maximum absolute atomic E-state index is 12.5. The van der Waals surface area contributed by atoms with Crippen LogP contribution in [-0.2, 0) is 4.79 Å². The van der Waals surface area contributed by atoms with Gasteiger partial charge in [0, 0.05) is 6.42 Å². The molecule has 0 saturated carbocycles. The van der Waals surface area contributed by atoms with E-state index in [-0.39, 0.29) is 12.5 Å². The Morgan fingerprint density at radius 1 is 0.345 bits per heavy atom. The highest BCUT2D eigenvalue weighted by Crippen LogP contribution is 2.18. The number of hydrogen-bond donors (Lipinski definition) is 3. The average Bonchev–Trinajstić information content (AvgIpc) is 3.23. The molecule has 0 aliphatic rings. The Hall–Kier alpha value is -0.610. The Morgan fingerprint density at radius 3 is 0.776 bits per heavy atom. The van der Waals surface area contributed by atoms with E-state index in [1.54, 1.807) is 0 Å². The standard InChI is InChI=1S/C54H109NO3/c1-3-5-7-9-11-13-15-17-19-21-22-23-24-25-26-27-28-29-30-31-32-34-35-37-39-41-43-45-47-49-53(57)52(51-56)55-54(58)50-48-46-44-42-40-38-36-33-20-18-16-14-12-10-8-6-4-2/h52-53,56-57H,3-51H2,1-2H3,(H,55,58). The summed E-state index contributed by atoms with van der Waals surface area (Å²) in [6.07, 6.45) is 63.7. The first-order valence-corrected chi connectivity index (χ1v) is 27.2. The van der Waals surface area contributed by atoms with Gasteiger partial charge in [0.25, 0.3) is 0 Å². The third-order valence-electron chi connectivity index (χ3n) is 13.1. The van der Waals surface area contributed by atoms with Gasteiger partial charge in [-0.05, 0) is 12.8 Å². The van der Waals surface area contributed by atoms with Crippen molar-refractivity contribution in [3.8, 4) is 0 Å². The van der Waals surface area contributed by atoms with Crippen LogP contribution < -0.4 is 5.32 Å². The van der Waals surface area contributed by atoms with Crippen LogP contribution in [0.5, 0.6) is 0 Å². The molecule has 0 aromatic rings. The van der Waals surface area contributed by atoms with Crippen molar-refractivity contribution in [2.45, 2.75) is 334 Å². The maximum atomic E-state index is 12.5. The average molecular weight is 820 g/mol. The molecule has 0 radical (unpaired) electrons.